The molecule has 1 saturated heterocycles. The van der Waals surface area contributed by atoms with Gasteiger partial charge in [0, 0.05) is 25.5 Å². The summed E-state index contributed by atoms with van der Waals surface area (Å²) in [5, 5.41) is 0. The van der Waals surface area contributed by atoms with E-state index in [-0.39, 0.29) is 5.69 Å². The molecule has 0 unspecified atom stereocenters. The normalized spacial score (nSPS) is 18.9. The quantitative estimate of drug-likeness (QED) is 0.605. The minimum Gasteiger partial charge on any atom is -0.355 e. The van der Waals surface area contributed by atoms with Gasteiger partial charge in [-0.05, 0) is 38.0 Å². The van der Waals surface area contributed by atoms with Gasteiger partial charge in [0.05, 0.1) is 6.61 Å². The topological polar surface area (TPSA) is 64.5 Å². The molecule has 3 rings (SSSR count). The van der Waals surface area contributed by atoms with E-state index in [1.54, 1.807) is 6.20 Å². The molecule has 0 bridgehead atoms. The second-order valence-corrected chi connectivity index (χ2v) is 5.37. The van der Waals surface area contributed by atoms with Crippen molar-refractivity contribution in [2.75, 3.05) is 24.6 Å². The van der Waals surface area contributed by atoms with Crippen molar-refractivity contribution in [3.05, 3.63) is 18.1 Å². The lowest BCUT2D eigenvalue weighted by Crippen LogP contribution is -2.32. The molecule has 108 valence electrons. The SMILES string of the molecule is O=C(OOCC1CC1)c1nccnc1N1CCCCC1. The molecule has 0 N–H and O–H groups in total. The lowest BCUT2D eigenvalue weighted by Gasteiger charge is -2.28. The molecule has 2 heterocycles. The fourth-order valence-electron chi connectivity index (χ4n) is 2.32. The first-order valence-corrected chi connectivity index (χ1v) is 7.24. The van der Waals surface area contributed by atoms with E-state index in [1.807, 2.05) is 0 Å². The minimum atomic E-state index is -0.556. The van der Waals surface area contributed by atoms with E-state index in [1.165, 1.54) is 12.6 Å². The maximum atomic E-state index is 12.0. The van der Waals surface area contributed by atoms with Gasteiger partial charge in [0.25, 0.3) is 0 Å². The Bertz CT molecular complexity index is 470. The van der Waals surface area contributed by atoms with Gasteiger partial charge in [-0.2, -0.15) is 4.89 Å². The number of carbonyl (C=O) groups is 1. The van der Waals surface area contributed by atoms with Gasteiger partial charge >= 0.3 is 5.97 Å². The predicted octanol–water partition coefficient (Wildman–Crippen LogP) is 1.97. The first-order chi connectivity index (χ1) is 9.84. The zero-order chi connectivity index (χ0) is 13.8. The molecule has 2 fully saturated rings. The van der Waals surface area contributed by atoms with Crippen molar-refractivity contribution in [2.45, 2.75) is 32.1 Å². The van der Waals surface area contributed by atoms with Crippen LogP contribution in [0, 0.1) is 5.92 Å². The van der Waals surface area contributed by atoms with E-state index in [4.69, 9.17) is 9.78 Å². The molecule has 1 aromatic heterocycles. The van der Waals surface area contributed by atoms with Crippen LogP contribution in [-0.4, -0.2) is 35.6 Å². The van der Waals surface area contributed by atoms with Gasteiger partial charge in [-0.3, -0.25) is 4.89 Å². The zero-order valence-corrected chi connectivity index (χ0v) is 11.5. The fraction of sp³-hybridized carbons (Fsp3) is 0.643. The molecular weight excluding hydrogens is 258 g/mol. The molecular formula is C14H19N3O3. The predicted molar refractivity (Wildman–Crippen MR) is 72.2 cm³/mol. The first-order valence-electron chi connectivity index (χ1n) is 7.24. The Hall–Kier alpha value is -1.69. The van der Waals surface area contributed by atoms with E-state index >= 15 is 0 Å². The molecule has 6 heteroatoms. The van der Waals surface area contributed by atoms with E-state index in [0.29, 0.717) is 18.3 Å². The van der Waals surface area contributed by atoms with Crippen LogP contribution in [0.2, 0.25) is 0 Å². The highest BCUT2D eigenvalue weighted by atomic mass is 17.2. The number of hydrogen-bond acceptors (Lipinski definition) is 6. The molecule has 1 aromatic rings. The molecule has 0 amide bonds. The number of rotatable bonds is 5. The van der Waals surface area contributed by atoms with Gasteiger partial charge in [0.2, 0.25) is 0 Å². The highest BCUT2D eigenvalue weighted by Gasteiger charge is 2.25. The Balaban J connectivity index is 1.65. The van der Waals surface area contributed by atoms with Crippen LogP contribution in [0.25, 0.3) is 0 Å². The Morgan fingerprint density at radius 3 is 2.70 bits per heavy atom. The molecule has 2 aliphatic rings. The highest BCUT2D eigenvalue weighted by Crippen LogP contribution is 2.29. The second-order valence-electron chi connectivity index (χ2n) is 5.37. The Kier molecular flexibility index (Phi) is 4.11. The van der Waals surface area contributed by atoms with Crippen LogP contribution in [-0.2, 0) is 9.78 Å². The minimum absolute atomic E-state index is 0.241. The number of aromatic nitrogens is 2. The standard InChI is InChI=1S/C14H19N3O3/c18-14(20-19-10-11-4-5-11)12-13(16-7-6-15-12)17-8-2-1-3-9-17/h6-7,11H,1-5,8-10H2. The number of hydrogen-bond donors (Lipinski definition) is 0. The summed E-state index contributed by atoms with van der Waals surface area (Å²) in [6.45, 7) is 2.29. The number of anilines is 1. The van der Waals surface area contributed by atoms with Crippen molar-refractivity contribution in [2.24, 2.45) is 5.92 Å². The van der Waals surface area contributed by atoms with Crippen LogP contribution in [0.3, 0.4) is 0 Å². The molecule has 0 aromatic carbocycles. The summed E-state index contributed by atoms with van der Waals surface area (Å²) in [6, 6.07) is 0. The maximum absolute atomic E-state index is 12.0. The molecule has 1 saturated carbocycles. The van der Waals surface area contributed by atoms with Crippen molar-refractivity contribution in [1.29, 1.82) is 0 Å². The van der Waals surface area contributed by atoms with Crippen LogP contribution >= 0.6 is 0 Å². The molecule has 20 heavy (non-hydrogen) atoms. The van der Waals surface area contributed by atoms with Gasteiger partial charge in [-0.1, -0.05) is 0 Å². The van der Waals surface area contributed by atoms with E-state index in [0.717, 1.165) is 38.8 Å². The summed E-state index contributed by atoms with van der Waals surface area (Å²) in [5.41, 5.74) is 0.241. The Morgan fingerprint density at radius 1 is 1.20 bits per heavy atom. The van der Waals surface area contributed by atoms with Gasteiger partial charge in [-0.15, -0.1) is 0 Å². The summed E-state index contributed by atoms with van der Waals surface area (Å²) in [6.07, 6.45) is 8.87. The van der Waals surface area contributed by atoms with Crippen LogP contribution in [0.5, 0.6) is 0 Å². The Morgan fingerprint density at radius 2 is 1.95 bits per heavy atom. The largest absolute Gasteiger partial charge is 0.395 e. The van der Waals surface area contributed by atoms with Gasteiger partial charge < -0.3 is 4.90 Å². The fourth-order valence-corrected chi connectivity index (χ4v) is 2.32. The van der Waals surface area contributed by atoms with E-state index in [2.05, 4.69) is 14.9 Å². The monoisotopic (exact) mass is 277 g/mol. The van der Waals surface area contributed by atoms with Crippen molar-refractivity contribution >= 4 is 11.8 Å². The lowest BCUT2D eigenvalue weighted by molar-refractivity contribution is -0.243. The second kappa shape index (κ2) is 6.17. The number of piperidine rings is 1. The third-order valence-electron chi connectivity index (χ3n) is 3.66. The van der Waals surface area contributed by atoms with Crippen molar-refractivity contribution < 1.29 is 14.6 Å². The van der Waals surface area contributed by atoms with E-state index < -0.39 is 5.97 Å². The van der Waals surface area contributed by atoms with Crippen LogP contribution < -0.4 is 4.90 Å². The molecule has 0 radical (unpaired) electrons. The number of nitrogens with zero attached hydrogens (tertiary/aromatic N) is 3. The molecule has 6 nitrogen and oxygen atoms in total. The Labute approximate surface area is 118 Å². The summed E-state index contributed by atoms with van der Waals surface area (Å²) >= 11 is 0. The van der Waals surface area contributed by atoms with Gasteiger partial charge in [0.1, 0.15) is 0 Å². The molecule has 0 spiro atoms. The third kappa shape index (κ3) is 3.25. The molecule has 0 atom stereocenters. The summed E-state index contributed by atoms with van der Waals surface area (Å²) < 4.78 is 0. The highest BCUT2D eigenvalue weighted by molar-refractivity contribution is 5.92. The van der Waals surface area contributed by atoms with Crippen LogP contribution in [0.4, 0.5) is 5.82 Å². The van der Waals surface area contributed by atoms with Crippen LogP contribution in [0.1, 0.15) is 42.6 Å². The number of carbonyl (C=O) groups excluding carboxylic acids is 1. The smallest absolute Gasteiger partial charge is 0.355 e. The summed E-state index contributed by atoms with van der Waals surface area (Å²) in [7, 11) is 0. The van der Waals surface area contributed by atoms with Gasteiger partial charge in [-0.25, -0.2) is 14.8 Å². The molecule has 1 aliphatic carbocycles. The average molecular weight is 277 g/mol. The van der Waals surface area contributed by atoms with Crippen LogP contribution in [0.15, 0.2) is 12.4 Å². The zero-order valence-electron chi connectivity index (χ0n) is 11.5. The first kappa shape index (κ1) is 13.3. The average Bonchev–Trinajstić information content (AvgIpc) is 3.32. The van der Waals surface area contributed by atoms with Crippen molar-refractivity contribution in [3.8, 4) is 0 Å². The lowest BCUT2D eigenvalue weighted by atomic mass is 10.1. The summed E-state index contributed by atoms with van der Waals surface area (Å²) in [5.74, 6) is 0.595. The summed E-state index contributed by atoms with van der Waals surface area (Å²) in [4.78, 5) is 32.3. The van der Waals surface area contributed by atoms with Crippen molar-refractivity contribution in [1.82, 2.24) is 9.97 Å². The maximum Gasteiger partial charge on any atom is 0.395 e. The van der Waals surface area contributed by atoms with E-state index in [9.17, 15) is 4.79 Å². The molecule has 1 aliphatic heterocycles. The van der Waals surface area contributed by atoms with Gasteiger partial charge in [0.15, 0.2) is 11.5 Å². The third-order valence-corrected chi connectivity index (χ3v) is 3.66. The van der Waals surface area contributed by atoms with Crippen molar-refractivity contribution in [3.63, 3.8) is 0 Å².